The number of hydrogen-bond donors (Lipinski definition) is 3. The molecule has 6 heteroatoms. The van der Waals surface area contributed by atoms with Gasteiger partial charge in [-0.2, -0.15) is 0 Å². The van der Waals surface area contributed by atoms with Crippen LogP contribution in [0.2, 0.25) is 0 Å². The summed E-state index contributed by atoms with van der Waals surface area (Å²) >= 11 is 1.34. The van der Waals surface area contributed by atoms with Crippen LogP contribution in [0, 0.1) is 0 Å². The fourth-order valence-electron chi connectivity index (χ4n) is 1.00. The van der Waals surface area contributed by atoms with Gasteiger partial charge in [0.1, 0.15) is 6.54 Å². The summed E-state index contributed by atoms with van der Waals surface area (Å²) in [6.07, 6.45) is 0. The molecule has 1 aromatic rings. The molecule has 0 saturated carbocycles. The molecule has 86 valence electrons. The number of carboxylic acids is 1. The van der Waals surface area contributed by atoms with Crippen molar-refractivity contribution in [2.75, 3.05) is 17.6 Å². The molecule has 0 saturated heterocycles. The number of nitrogens with two attached hydrogens (primary N) is 1. The minimum absolute atomic E-state index is 0.117. The van der Waals surface area contributed by atoms with Gasteiger partial charge < -0.3 is 16.2 Å². The third-order valence-corrected chi connectivity index (χ3v) is 2.71. The zero-order chi connectivity index (χ0) is 12.0. The second-order valence-corrected chi connectivity index (χ2v) is 4.08. The Balaban J connectivity index is 2.47. The third-order valence-electron chi connectivity index (χ3n) is 1.68. The Bertz CT molecular complexity index is 341. The number of hydrogen-bond acceptors (Lipinski definition) is 4. The number of carboxylic acid groups (broad SMARTS) is 1. The van der Waals surface area contributed by atoms with Gasteiger partial charge in [-0.05, 0) is 24.3 Å². The molecular weight excluding hydrogens is 228 g/mol. The molecule has 0 unspecified atom stereocenters. The Labute approximate surface area is 97.0 Å². The third kappa shape index (κ3) is 4.70. The summed E-state index contributed by atoms with van der Waals surface area (Å²) in [7, 11) is 0. The summed E-state index contributed by atoms with van der Waals surface area (Å²) in [6.45, 7) is -0.117. The number of thioether (sulfide) groups is 1. The van der Waals surface area contributed by atoms with Crippen molar-refractivity contribution < 1.29 is 14.7 Å². The number of amides is 1. The molecule has 0 aliphatic heterocycles. The lowest BCUT2D eigenvalue weighted by molar-refractivity contribution is -0.135. The van der Waals surface area contributed by atoms with Gasteiger partial charge in [0.15, 0.2) is 0 Å². The van der Waals surface area contributed by atoms with Gasteiger partial charge >= 0.3 is 5.97 Å². The first-order valence-electron chi connectivity index (χ1n) is 4.55. The molecule has 1 amide bonds. The van der Waals surface area contributed by atoms with Gasteiger partial charge in [0.2, 0.25) is 5.91 Å². The van der Waals surface area contributed by atoms with Crippen molar-refractivity contribution in [3.8, 4) is 0 Å². The van der Waals surface area contributed by atoms with Crippen molar-refractivity contribution in [2.24, 2.45) is 5.73 Å². The molecule has 0 heterocycles. The quantitative estimate of drug-likeness (QED) is 0.638. The van der Waals surface area contributed by atoms with Crippen LogP contribution in [-0.2, 0) is 9.59 Å². The predicted molar refractivity (Wildman–Crippen MR) is 62.5 cm³/mol. The van der Waals surface area contributed by atoms with E-state index in [4.69, 9.17) is 10.8 Å². The topological polar surface area (TPSA) is 92.4 Å². The Morgan fingerprint density at radius 3 is 2.44 bits per heavy atom. The molecular formula is C10H12N2O3S. The number of anilines is 1. The molecule has 0 atom stereocenters. The highest BCUT2D eigenvalue weighted by molar-refractivity contribution is 8.00. The van der Waals surface area contributed by atoms with E-state index in [1.165, 1.54) is 11.8 Å². The lowest BCUT2D eigenvalue weighted by atomic mass is 10.3. The van der Waals surface area contributed by atoms with Gasteiger partial charge in [0.25, 0.3) is 0 Å². The lowest BCUT2D eigenvalue weighted by Gasteiger charge is -2.04. The van der Waals surface area contributed by atoms with E-state index in [-0.39, 0.29) is 18.2 Å². The van der Waals surface area contributed by atoms with E-state index in [9.17, 15) is 9.59 Å². The molecule has 1 rings (SSSR count). The normalized spacial score (nSPS) is 9.75. The SMILES string of the molecule is NC(=O)CSc1ccc(NCC(=O)O)cc1. The van der Waals surface area contributed by atoms with Crippen molar-refractivity contribution in [1.29, 1.82) is 0 Å². The molecule has 0 radical (unpaired) electrons. The summed E-state index contributed by atoms with van der Waals surface area (Å²) in [4.78, 5) is 21.8. The molecule has 4 N–H and O–H groups in total. The van der Waals surface area contributed by atoms with Gasteiger partial charge in [0, 0.05) is 10.6 Å². The van der Waals surface area contributed by atoms with E-state index in [1.54, 1.807) is 24.3 Å². The van der Waals surface area contributed by atoms with Gasteiger partial charge in [-0.15, -0.1) is 11.8 Å². The Hall–Kier alpha value is -1.69. The molecule has 0 aliphatic carbocycles. The van der Waals surface area contributed by atoms with Gasteiger partial charge in [0.05, 0.1) is 5.75 Å². The maximum atomic E-state index is 10.5. The minimum atomic E-state index is -0.910. The lowest BCUT2D eigenvalue weighted by Crippen LogP contribution is -2.13. The fourth-order valence-corrected chi connectivity index (χ4v) is 1.64. The van der Waals surface area contributed by atoms with Crippen LogP contribution < -0.4 is 11.1 Å². The summed E-state index contributed by atoms with van der Waals surface area (Å²) in [5, 5.41) is 11.2. The summed E-state index contributed by atoms with van der Waals surface area (Å²) in [5.41, 5.74) is 5.74. The van der Waals surface area contributed by atoms with E-state index in [1.807, 2.05) is 0 Å². The highest BCUT2D eigenvalue weighted by Crippen LogP contribution is 2.19. The Kier molecular flexibility index (Phi) is 4.65. The second kappa shape index (κ2) is 6.02. The molecule has 5 nitrogen and oxygen atoms in total. The summed E-state index contributed by atoms with van der Waals surface area (Å²) in [5.74, 6) is -1.03. The summed E-state index contributed by atoms with van der Waals surface area (Å²) < 4.78 is 0. The van der Waals surface area contributed by atoms with E-state index in [0.29, 0.717) is 0 Å². The average Bonchev–Trinajstić information content (AvgIpc) is 2.25. The molecule has 0 bridgehead atoms. The maximum absolute atomic E-state index is 10.5. The molecule has 0 fully saturated rings. The Morgan fingerprint density at radius 2 is 1.94 bits per heavy atom. The van der Waals surface area contributed by atoms with E-state index < -0.39 is 5.97 Å². The van der Waals surface area contributed by atoms with Gasteiger partial charge in [-0.25, -0.2) is 0 Å². The predicted octanol–water partition coefficient (Wildman–Crippen LogP) is 0.760. The number of aliphatic carboxylic acids is 1. The van der Waals surface area contributed by atoms with Gasteiger partial charge in [-0.1, -0.05) is 0 Å². The second-order valence-electron chi connectivity index (χ2n) is 3.03. The summed E-state index contributed by atoms with van der Waals surface area (Å²) in [6, 6.07) is 7.12. The number of carbonyl (C=O) groups is 2. The zero-order valence-corrected chi connectivity index (χ0v) is 9.29. The monoisotopic (exact) mass is 240 g/mol. The van der Waals surface area contributed by atoms with E-state index >= 15 is 0 Å². The van der Waals surface area contributed by atoms with E-state index in [2.05, 4.69) is 5.32 Å². The van der Waals surface area contributed by atoms with Crippen molar-refractivity contribution in [2.45, 2.75) is 4.90 Å². The van der Waals surface area contributed by atoms with Crippen LogP contribution >= 0.6 is 11.8 Å². The standard InChI is InChI=1S/C10H12N2O3S/c11-9(13)6-16-8-3-1-7(2-4-8)12-5-10(14)15/h1-4,12H,5-6H2,(H2,11,13)(H,14,15). The highest BCUT2D eigenvalue weighted by atomic mass is 32.2. The van der Waals surface area contributed by atoms with Crippen molar-refractivity contribution in [1.82, 2.24) is 0 Å². The number of rotatable bonds is 6. The van der Waals surface area contributed by atoms with Crippen LogP contribution in [0.4, 0.5) is 5.69 Å². The zero-order valence-electron chi connectivity index (χ0n) is 8.47. The first-order valence-corrected chi connectivity index (χ1v) is 5.53. The molecule has 0 aromatic heterocycles. The number of nitrogens with one attached hydrogen (secondary N) is 1. The molecule has 0 spiro atoms. The first-order chi connectivity index (χ1) is 7.58. The van der Waals surface area contributed by atoms with Crippen LogP contribution in [0.25, 0.3) is 0 Å². The first kappa shape index (κ1) is 12.4. The van der Waals surface area contributed by atoms with Crippen LogP contribution in [0.3, 0.4) is 0 Å². The number of primary amides is 1. The molecule has 0 aliphatic rings. The van der Waals surface area contributed by atoms with Crippen molar-refractivity contribution in [3.05, 3.63) is 24.3 Å². The highest BCUT2D eigenvalue weighted by Gasteiger charge is 1.99. The van der Waals surface area contributed by atoms with Crippen LogP contribution in [-0.4, -0.2) is 29.3 Å². The Morgan fingerprint density at radius 1 is 1.31 bits per heavy atom. The number of carbonyl (C=O) groups excluding carboxylic acids is 1. The maximum Gasteiger partial charge on any atom is 0.322 e. The smallest absolute Gasteiger partial charge is 0.322 e. The number of benzene rings is 1. The van der Waals surface area contributed by atoms with Crippen molar-refractivity contribution in [3.63, 3.8) is 0 Å². The van der Waals surface area contributed by atoms with Gasteiger partial charge in [-0.3, -0.25) is 9.59 Å². The van der Waals surface area contributed by atoms with Crippen LogP contribution in [0.5, 0.6) is 0 Å². The molecule has 16 heavy (non-hydrogen) atoms. The molecule has 1 aromatic carbocycles. The van der Waals surface area contributed by atoms with Crippen molar-refractivity contribution >= 4 is 29.3 Å². The average molecular weight is 240 g/mol. The van der Waals surface area contributed by atoms with E-state index in [0.717, 1.165) is 10.6 Å². The van der Waals surface area contributed by atoms with Crippen LogP contribution in [0.1, 0.15) is 0 Å². The minimum Gasteiger partial charge on any atom is -0.480 e. The van der Waals surface area contributed by atoms with Crippen LogP contribution in [0.15, 0.2) is 29.2 Å². The largest absolute Gasteiger partial charge is 0.480 e. The fraction of sp³-hybridized carbons (Fsp3) is 0.200.